The highest BCUT2D eigenvalue weighted by Gasteiger charge is 2.24. The van der Waals surface area contributed by atoms with E-state index < -0.39 is 0 Å². The number of amides is 1. The topological polar surface area (TPSA) is 69.0 Å². The summed E-state index contributed by atoms with van der Waals surface area (Å²) in [6, 6.07) is 8.46. The molecule has 1 aliphatic rings. The van der Waals surface area contributed by atoms with Crippen LogP contribution in [0, 0.1) is 5.92 Å². The van der Waals surface area contributed by atoms with Gasteiger partial charge in [-0.25, -0.2) is 0 Å². The van der Waals surface area contributed by atoms with Crippen LogP contribution in [-0.2, 0) is 17.8 Å². The number of nitrogens with one attached hydrogen (secondary N) is 1. The summed E-state index contributed by atoms with van der Waals surface area (Å²) in [7, 11) is 0. The van der Waals surface area contributed by atoms with Crippen LogP contribution in [-0.4, -0.2) is 32.5 Å². The van der Waals surface area contributed by atoms with E-state index in [9.17, 15) is 4.79 Å². The number of hydrogen-bond acceptors (Lipinski definition) is 5. The van der Waals surface area contributed by atoms with E-state index in [0.717, 1.165) is 36.1 Å². The van der Waals surface area contributed by atoms with Gasteiger partial charge in [0.1, 0.15) is 5.75 Å². The average molecular weight is 431 g/mol. The molecule has 2 aromatic rings. The summed E-state index contributed by atoms with van der Waals surface area (Å²) in [6.45, 7) is 9.14. The molecular weight excluding hydrogens is 396 g/mol. The lowest BCUT2D eigenvalue weighted by molar-refractivity contribution is -0.119. The van der Waals surface area contributed by atoms with E-state index in [2.05, 4.69) is 48.4 Å². The van der Waals surface area contributed by atoms with Gasteiger partial charge < -0.3 is 14.6 Å². The summed E-state index contributed by atoms with van der Waals surface area (Å²) >= 11 is 1.44. The molecule has 0 bridgehead atoms. The third kappa shape index (κ3) is 5.78. The highest BCUT2D eigenvalue weighted by atomic mass is 32.2. The van der Waals surface area contributed by atoms with Gasteiger partial charge in [-0.05, 0) is 56.7 Å². The highest BCUT2D eigenvalue weighted by molar-refractivity contribution is 7.99. The monoisotopic (exact) mass is 430 g/mol. The first-order chi connectivity index (χ1) is 14.5. The van der Waals surface area contributed by atoms with Crippen molar-refractivity contribution in [1.82, 2.24) is 20.1 Å². The molecule has 1 aromatic carbocycles. The Morgan fingerprint density at radius 3 is 2.63 bits per heavy atom. The Bertz CT molecular complexity index is 821. The number of aromatic nitrogens is 3. The number of hydrogen-bond donors (Lipinski definition) is 1. The fourth-order valence-electron chi connectivity index (χ4n) is 3.97. The Morgan fingerprint density at radius 2 is 1.97 bits per heavy atom. The molecule has 3 rings (SSSR count). The van der Waals surface area contributed by atoms with Crippen LogP contribution in [0.5, 0.6) is 5.75 Å². The molecule has 1 saturated carbocycles. The zero-order valence-electron chi connectivity index (χ0n) is 18.6. The van der Waals surface area contributed by atoms with Crippen molar-refractivity contribution in [2.45, 2.75) is 83.6 Å². The third-order valence-corrected chi connectivity index (χ3v) is 6.83. The Kier molecular flexibility index (Phi) is 8.19. The van der Waals surface area contributed by atoms with Gasteiger partial charge in [0.2, 0.25) is 5.91 Å². The van der Waals surface area contributed by atoms with Crippen molar-refractivity contribution < 1.29 is 9.53 Å². The molecule has 0 unspecified atom stereocenters. The van der Waals surface area contributed by atoms with Crippen LogP contribution >= 0.6 is 11.8 Å². The fraction of sp³-hybridized carbons (Fsp3) is 0.609. The van der Waals surface area contributed by atoms with Gasteiger partial charge >= 0.3 is 0 Å². The van der Waals surface area contributed by atoms with Crippen LogP contribution in [0.15, 0.2) is 29.4 Å². The average Bonchev–Trinajstić information content (AvgIpc) is 3.17. The van der Waals surface area contributed by atoms with Gasteiger partial charge in [-0.2, -0.15) is 0 Å². The zero-order valence-corrected chi connectivity index (χ0v) is 19.4. The Balaban J connectivity index is 1.58. The minimum Gasteiger partial charge on any atom is -0.483 e. The largest absolute Gasteiger partial charge is 0.483 e. The van der Waals surface area contributed by atoms with Crippen LogP contribution in [0.25, 0.3) is 0 Å². The van der Waals surface area contributed by atoms with Crippen LogP contribution in [0.2, 0.25) is 0 Å². The van der Waals surface area contributed by atoms with Crippen LogP contribution < -0.4 is 10.1 Å². The summed E-state index contributed by atoms with van der Waals surface area (Å²) in [4.78, 5) is 12.4. The first-order valence-electron chi connectivity index (χ1n) is 11.1. The van der Waals surface area contributed by atoms with Gasteiger partial charge in [0, 0.05) is 12.6 Å². The molecule has 1 N–H and O–H groups in total. The highest BCUT2D eigenvalue weighted by Crippen LogP contribution is 2.26. The summed E-state index contributed by atoms with van der Waals surface area (Å²) in [5, 5.41) is 12.7. The minimum absolute atomic E-state index is 0.0752. The van der Waals surface area contributed by atoms with Crippen molar-refractivity contribution >= 4 is 17.7 Å². The number of benzene rings is 1. The summed E-state index contributed by atoms with van der Waals surface area (Å²) in [5.74, 6) is 2.59. The number of carbonyl (C=O) groups is 1. The van der Waals surface area contributed by atoms with E-state index in [-0.39, 0.29) is 12.0 Å². The molecule has 0 radical (unpaired) electrons. The summed E-state index contributed by atoms with van der Waals surface area (Å²) in [5.41, 5.74) is 1.28. The van der Waals surface area contributed by atoms with Crippen molar-refractivity contribution in [3.05, 3.63) is 35.7 Å². The maximum atomic E-state index is 12.4. The molecule has 0 saturated heterocycles. The van der Waals surface area contributed by atoms with Crippen molar-refractivity contribution in [2.75, 3.05) is 5.75 Å². The van der Waals surface area contributed by atoms with Crippen molar-refractivity contribution in [2.24, 2.45) is 5.92 Å². The predicted molar refractivity (Wildman–Crippen MR) is 121 cm³/mol. The maximum absolute atomic E-state index is 12.4. The molecular formula is C23H34N4O2S. The summed E-state index contributed by atoms with van der Waals surface area (Å²) in [6.07, 6.45) is 5.54. The van der Waals surface area contributed by atoms with Crippen molar-refractivity contribution in [3.63, 3.8) is 0 Å². The second-order valence-electron chi connectivity index (χ2n) is 8.07. The van der Waals surface area contributed by atoms with E-state index in [1.807, 2.05) is 23.6 Å². The molecule has 3 atom stereocenters. The molecule has 1 heterocycles. The van der Waals surface area contributed by atoms with Crippen molar-refractivity contribution in [1.29, 1.82) is 0 Å². The lowest BCUT2D eigenvalue weighted by Crippen LogP contribution is -2.41. The van der Waals surface area contributed by atoms with Gasteiger partial charge in [-0.1, -0.05) is 50.6 Å². The third-order valence-electron chi connectivity index (χ3n) is 5.86. The molecule has 30 heavy (non-hydrogen) atoms. The lowest BCUT2D eigenvalue weighted by Gasteiger charge is -2.29. The number of carbonyl (C=O) groups excluding carboxylic acids is 1. The SMILES string of the molecule is CCc1ccc(O[C@H](C)c2nnc(SCC(=O)N[C@@H]3CCCC[C@H]3C)n2CC)cc1. The van der Waals surface area contributed by atoms with Crippen LogP contribution in [0.4, 0.5) is 0 Å². The van der Waals surface area contributed by atoms with Gasteiger partial charge in [0.25, 0.3) is 0 Å². The number of nitrogens with zero attached hydrogens (tertiary/aromatic N) is 3. The van der Waals surface area contributed by atoms with E-state index in [1.165, 1.54) is 36.6 Å². The Labute approximate surface area is 184 Å². The number of ether oxygens (including phenoxy) is 1. The van der Waals surface area contributed by atoms with Gasteiger partial charge in [-0.15, -0.1) is 10.2 Å². The summed E-state index contributed by atoms with van der Waals surface area (Å²) < 4.78 is 8.12. The van der Waals surface area contributed by atoms with Gasteiger partial charge in [-0.3, -0.25) is 4.79 Å². The molecule has 1 amide bonds. The molecule has 1 fully saturated rings. The molecule has 164 valence electrons. The molecule has 7 heteroatoms. The first-order valence-corrected chi connectivity index (χ1v) is 12.1. The van der Waals surface area contributed by atoms with Crippen LogP contribution in [0.3, 0.4) is 0 Å². The van der Waals surface area contributed by atoms with Crippen LogP contribution in [0.1, 0.15) is 70.9 Å². The smallest absolute Gasteiger partial charge is 0.230 e. The van der Waals surface area contributed by atoms with Crippen molar-refractivity contribution in [3.8, 4) is 5.75 Å². The number of rotatable bonds is 9. The quantitative estimate of drug-likeness (QED) is 0.580. The van der Waals surface area contributed by atoms with E-state index in [0.29, 0.717) is 17.7 Å². The molecule has 6 nitrogen and oxygen atoms in total. The molecule has 1 aliphatic carbocycles. The standard InChI is InChI=1S/C23H34N4O2S/c1-5-18-11-13-19(14-12-18)29-17(4)22-25-26-23(27(22)6-2)30-15-21(28)24-20-10-8-7-9-16(20)3/h11-14,16-17,20H,5-10,15H2,1-4H3,(H,24,28)/t16-,17-,20-/m1/s1. The molecule has 0 aliphatic heterocycles. The Hall–Kier alpha value is -2.02. The Morgan fingerprint density at radius 1 is 1.23 bits per heavy atom. The molecule has 0 spiro atoms. The van der Waals surface area contributed by atoms with Gasteiger partial charge in [0.15, 0.2) is 17.1 Å². The normalized spacial score (nSPS) is 20.0. The predicted octanol–water partition coefficient (Wildman–Crippen LogP) is 4.79. The maximum Gasteiger partial charge on any atom is 0.230 e. The zero-order chi connectivity index (χ0) is 21.5. The van der Waals surface area contributed by atoms with E-state index in [4.69, 9.17) is 4.74 Å². The minimum atomic E-state index is -0.226. The van der Waals surface area contributed by atoms with Gasteiger partial charge in [0.05, 0.1) is 5.75 Å². The lowest BCUT2D eigenvalue weighted by atomic mass is 9.86. The second-order valence-corrected chi connectivity index (χ2v) is 9.01. The first kappa shape index (κ1) is 22.7. The van der Waals surface area contributed by atoms with E-state index >= 15 is 0 Å². The number of thioether (sulfide) groups is 1. The fourth-order valence-corrected chi connectivity index (χ4v) is 4.80. The molecule has 1 aromatic heterocycles. The number of aryl methyl sites for hydroxylation is 1. The van der Waals surface area contributed by atoms with E-state index in [1.54, 1.807) is 0 Å². The second kappa shape index (κ2) is 10.8.